The number of carbonyl (C=O) groups excluding carboxylic acids is 1. The molecule has 1 N–H and O–H groups in total. The first-order valence-corrected chi connectivity index (χ1v) is 11.1. The van der Waals surface area contributed by atoms with E-state index < -0.39 is 18.1 Å². The normalized spacial score (nSPS) is 21.0. The Balaban J connectivity index is 1.61. The minimum Gasteiger partial charge on any atom is -0.433 e. The number of rotatable bonds is 6. The second-order valence-electron chi connectivity index (χ2n) is 9.69. The second-order valence-corrected chi connectivity index (χ2v) is 9.69. The fourth-order valence-electron chi connectivity index (χ4n) is 5.00. The lowest BCUT2D eigenvalue weighted by atomic mass is 9.74. The number of amides is 1. The molecule has 0 spiro atoms. The van der Waals surface area contributed by atoms with Gasteiger partial charge in [-0.15, -0.1) is 0 Å². The van der Waals surface area contributed by atoms with Crippen molar-refractivity contribution in [1.29, 1.82) is 0 Å². The lowest BCUT2D eigenvalue weighted by Gasteiger charge is -2.46. The van der Waals surface area contributed by atoms with Crippen LogP contribution in [0.2, 0.25) is 0 Å². The number of fused-ring (bicyclic) bond motifs is 1. The van der Waals surface area contributed by atoms with E-state index in [1.54, 1.807) is 13.8 Å². The largest absolute Gasteiger partial charge is 0.433 e. The van der Waals surface area contributed by atoms with Gasteiger partial charge in [0.2, 0.25) is 5.91 Å². The van der Waals surface area contributed by atoms with Crippen LogP contribution in [-0.4, -0.2) is 38.7 Å². The summed E-state index contributed by atoms with van der Waals surface area (Å²) in [7, 11) is 0. The molecule has 4 rings (SSSR count). The Morgan fingerprint density at radius 1 is 1.30 bits per heavy atom. The van der Waals surface area contributed by atoms with E-state index in [1.165, 1.54) is 12.3 Å². The molecule has 2 aliphatic rings. The van der Waals surface area contributed by atoms with Gasteiger partial charge < -0.3 is 10.1 Å². The highest BCUT2D eigenvalue weighted by molar-refractivity contribution is 5.81. The highest BCUT2D eigenvalue weighted by Gasteiger charge is 2.54. The number of halogens is 4. The number of nitrogens with one attached hydrogen (secondary N) is 1. The van der Waals surface area contributed by atoms with Crippen LogP contribution in [0.25, 0.3) is 11.3 Å². The third-order valence-corrected chi connectivity index (χ3v) is 6.43. The molecule has 0 aliphatic heterocycles. The van der Waals surface area contributed by atoms with E-state index in [-0.39, 0.29) is 36.5 Å². The van der Waals surface area contributed by atoms with Gasteiger partial charge in [-0.25, -0.2) is 8.78 Å². The van der Waals surface area contributed by atoms with E-state index in [2.05, 4.69) is 15.0 Å². The number of ether oxygens (including phenoxy) is 1. The molecule has 0 aromatic carbocycles. The maximum absolute atomic E-state index is 13.3. The van der Waals surface area contributed by atoms with E-state index in [0.717, 1.165) is 11.3 Å². The van der Waals surface area contributed by atoms with Gasteiger partial charge in [0.1, 0.15) is 5.75 Å². The Hall–Kier alpha value is -2.65. The molecule has 10 heteroatoms. The highest BCUT2D eigenvalue weighted by Crippen LogP contribution is 2.45. The number of hydrogen-bond donors (Lipinski definition) is 1. The van der Waals surface area contributed by atoms with E-state index in [9.17, 15) is 22.4 Å². The first-order valence-electron chi connectivity index (χ1n) is 11.1. The molecule has 0 unspecified atom stereocenters. The van der Waals surface area contributed by atoms with Gasteiger partial charge in [-0.05, 0) is 46.6 Å². The van der Waals surface area contributed by atoms with Crippen molar-refractivity contribution in [3.05, 3.63) is 29.2 Å². The fourth-order valence-corrected chi connectivity index (χ4v) is 5.00. The van der Waals surface area contributed by atoms with Crippen molar-refractivity contribution in [3.63, 3.8) is 0 Å². The molecular formula is C23H28F4N4O2. The standard InChI is InChI=1S/C23H28F4N4O2/c1-12(2)31-18-7-14(20(32)29-22(4)10-23(26,27)11-22)5-6-16(18)19(30-31)17-8-15(33-21(24)25)9-28-13(17)3/h8-9,12,14,21H,5-7,10-11H2,1-4H3,(H,29,32)/t14-/m1/s1. The summed E-state index contributed by atoms with van der Waals surface area (Å²) >= 11 is 0. The average molecular weight is 468 g/mol. The molecule has 0 saturated heterocycles. The summed E-state index contributed by atoms with van der Waals surface area (Å²) in [6.07, 6.45) is 2.09. The van der Waals surface area contributed by atoms with Crippen molar-refractivity contribution in [2.24, 2.45) is 5.92 Å². The minimum atomic E-state index is -2.96. The molecule has 2 heterocycles. The van der Waals surface area contributed by atoms with E-state index in [4.69, 9.17) is 5.10 Å². The average Bonchev–Trinajstić information content (AvgIpc) is 3.06. The van der Waals surface area contributed by atoms with Crippen LogP contribution in [0.5, 0.6) is 5.75 Å². The molecule has 1 fully saturated rings. The fraction of sp³-hybridized carbons (Fsp3) is 0.609. The molecular weight excluding hydrogens is 440 g/mol. The maximum Gasteiger partial charge on any atom is 0.387 e. The molecule has 1 saturated carbocycles. The van der Waals surface area contributed by atoms with Crippen LogP contribution in [0.15, 0.2) is 12.3 Å². The number of aryl methyl sites for hydroxylation is 1. The molecule has 2 aromatic rings. The van der Waals surface area contributed by atoms with Crippen molar-refractivity contribution in [2.45, 2.75) is 83.9 Å². The van der Waals surface area contributed by atoms with Crippen molar-refractivity contribution >= 4 is 5.91 Å². The number of hydrogen-bond acceptors (Lipinski definition) is 4. The van der Waals surface area contributed by atoms with Crippen LogP contribution < -0.4 is 10.1 Å². The Bertz CT molecular complexity index is 1060. The number of alkyl halides is 4. The molecule has 6 nitrogen and oxygen atoms in total. The molecule has 33 heavy (non-hydrogen) atoms. The van der Waals surface area contributed by atoms with Gasteiger partial charge in [-0.1, -0.05) is 0 Å². The lowest BCUT2D eigenvalue weighted by Crippen LogP contribution is -2.61. The van der Waals surface area contributed by atoms with Crippen LogP contribution >= 0.6 is 0 Å². The Labute approximate surface area is 189 Å². The van der Waals surface area contributed by atoms with Gasteiger partial charge in [0.05, 0.1) is 11.9 Å². The topological polar surface area (TPSA) is 69.0 Å². The molecule has 2 aromatic heterocycles. The van der Waals surface area contributed by atoms with Crippen LogP contribution in [0.3, 0.4) is 0 Å². The van der Waals surface area contributed by atoms with E-state index >= 15 is 0 Å². The first-order chi connectivity index (χ1) is 15.4. The molecule has 1 atom stereocenters. The summed E-state index contributed by atoms with van der Waals surface area (Å²) < 4.78 is 58.4. The monoisotopic (exact) mass is 468 g/mol. The quantitative estimate of drug-likeness (QED) is 0.616. The Morgan fingerprint density at radius 3 is 2.61 bits per heavy atom. The molecule has 0 bridgehead atoms. The summed E-state index contributed by atoms with van der Waals surface area (Å²) in [5.74, 6) is -3.33. The number of carbonyl (C=O) groups is 1. The third kappa shape index (κ3) is 4.70. The summed E-state index contributed by atoms with van der Waals surface area (Å²) in [6, 6.07) is 1.52. The third-order valence-electron chi connectivity index (χ3n) is 6.43. The molecule has 2 aliphatic carbocycles. The summed E-state index contributed by atoms with van der Waals surface area (Å²) in [5.41, 5.74) is 2.86. The van der Waals surface area contributed by atoms with Crippen LogP contribution in [0, 0.1) is 12.8 Å². The van der Waals surface area contributed by atoms with Gasteiger partial charge in [-0.2, -0.15) is 13.9 Å². The van der Waals surface area contributed by atoms with Crippen molar-refractivity contribution < 1.29 is 27.1 Å². The number of pyridine rings is 1. The number of aromatic nitrogens is 3. The first kappa shape index (κ1) is 23.5. The van der Waals surface area contributed by atoms with Crippen molar-refractivity contribution in [1.82, 2.24) is 20.1 Å². The molecule has 180 valence electrons. The van der Waals surface area contributed by atoms with Crippen LogP contribution in [-0.2, 0) is 17.6 Å². The van der Waals surface area contributed by atoms with Crippen LogP contribution in [0.4, 0.5) is 17.6 Å². The van der Waals surface area contributed by atoms with Gasteiger partial charge >= 0.3 is 6.61 Å². The van der Waals surface area contributed by atoms with E-state index in [1.807, 2.05) is 18.5 Å². The summed E-state index contributed by atoms with van der Waals surface area (Å²) in [6.45, 7) is 4.41. The van der Waals surface area contributed by atoms with Crippen molar-refractivity contribution in [2.75, 3.05) is 0 Å². The van der Waals surface area contributed by atoms with Crippen molar-refractivity contribution in [3.8, 4) is 17.0 Å². The smallest absolute Gasteiger partial charge is 0.387 e. The van der Waals surface area contributed by atoms with Gasteiger partial charge in [0.15, 0.2) is 0 Å². The summed E-state index contributed by atoms with van der Waals surface area (Å²) in [4.78, 5) is 17.1. The SMILES string of the molecule is Cc1ncc(OC(F)F)cc1-c1nn(C(C)C)c2c1CC[C@@H](C(=O)NC1(C)CC(F)(F)C1)C2. The molecule has 1 amide bonds. The Morgan fingerprint density at radius 2 is 2.00 bits per heavy atom. The zero-order chi connectivity index (χ0) is 24.1. The predicted molar refractivity (Wildman–Crippen MR) is 113 cm³/mol. The van der Waals surface area contributed by atoms with Gasteiger partial charge in [-0.3, -0.25) is 14.5 Å². The Kier molecular flexibility index (Phi) is 5.90. The van der Waals surface area contributed by atoms with Gasteiger partial charge in [0.25, 0.3) is 5.92 Å². The number of nitrogens with zero attached hydrogens (tertiary/aromatic N) is 3. The zero-order valence-corrected chi connectivity index (χ0v) is 19.1. The summed E-state index contributed by atoms with van der Waals surface area (Å²) in [5, 5.41) is 7.58. The second kappa shape index (κ2) is 8.29. The molecule has 0 radical (unpaired) electrons. The zero-order valence-electron chi connectivity index (χ0n) is 19.1. The van der Waals surface area contributed by atoms with Crippen LogP contribution in [0.1, 0.15) is 63.0 Å². The van der Waals surface area contributed by atoms with Gasteiger partial charge in [0, 0.05) is 59.3 Å². The minimum absolute atomic E-state index is 0.00548. The lowest BCUT2D eigenvalue weighted by molar-refractivity contribution is -0.146. The highest BCUT2D eigenvalue weighted by atomic mass is 19.3. The predicted octanol–water partition coefficient (Wildman–Crippen LogP) is 4.84. The maximum atomic E-state index is 13.3. The van der Waals surface area contributed by atoms with E-state index in [0.29, 0.717) is 36.2 Å².